The van der Waals surface area contributed by atoms with E-state index in [-0.39, 0.29) is 69.0 Å². The highest BCUT2D eigenvalue weighted by molar-refractivity contribution is 5.76. The maximum atomic E-state index is 13.3. The Morgan fingerprint density at radius 1 is 0.500 bits per heavy atom. The van der Waals surface area contributed by atoms with E-state index in [1.54, 1.807) is 4.90 Å². The molecule has 0 radical (unpaired) electrons. The first kappa shape index (κ1) is 48.3. The van der Waals surface area contributed by atoms with Crippen molar-refractivity contribution in [3.05, 3.63) is 0 Å². The second-order valence-corrected chi connectivity index (χ2v) is 14.7. The molecular formula is C42H82N2O6. The molecule has 1 amide bonds. The van der Waals surface area contributed by atoms with Crippen molar-refractivity contribution in [1.29, 1.82) is 0 Å². The van der Waals surface area contributed by atoms with Gasteiger partial charge in [-0.15, -0.1) is 0 Å². The number of hydrogen-bond acceptors (Lipinski definition) is 7. The van der Waals surface area contributed by atoms with Crippen LogP contribution in [0.15, 0.2) is 0 Å². The number of nitrogens with zero attached hydrogens (tertiary/aromatic N) is 2. The minimum Gasteiger partial charge on any atom is -0.464 e. The molecule has 0 heterocycles. The average molecular weight is 711 g/mol. The number of aliphatic hydroxyl groups excluding tert-OH is 1. The maximum absolute atomic E-state index is 13.3. The van der Waals surface area contributed by atoms with Crippen LogP contribution in [-0.2, 0) is 23.9 Å². The fourth-order valence-corrected chi connectivity index (χ4v) is 6.57. The molecule has 0 aromatic rings. The van der Waals surface area contributed by atoms with Crippen LogP contribution in [0.1, 0.15) is 188 Å². The number of carbonyl (C=O) groups is 3. The predicted molar refractivity (Wildman–Crippen MR) is 208 cm³/mol. The summed E-state index contributed by atoms with van der Waals surface area (Å²) in [7, 11) is 1.88. The SMILES string of the molecule is CCCCCCCCC(CCCCCC)C(=O)OCCN(CCOC(=O)C(CCCCCC)CCCCCCCC)C(=O)CCN(C)CCO. The molecule has 0 saturated carbocycles. The van der Waals surface area contributed by atoms with Crippen molar-refractivity contribution in [2.45, 2.75) is 188 Å². The van der Waals surface area contributed by atoms with Crippen molar-refractivity contribution in [2.75, 3.05) is 53.0 Å². The first-order valence-corrected chi connectivity index (χ1v) is 21.2. The van der Waals surface area contributed by atoms with Crippen LogP contribution >= 0.6 is 0 Å². The smallest absolute Gasteiger partial charge is 0.308 e. The van der Waals surface area contributed by atoms with E-state index in [0.29, 0.717) is 13.1 Å². The lowest BCUT2D eigenvalue weighted by Crippen LogP contribution is -2.39. The summed E-state index contributed by atoms with van der Waals surface area (Å²) in [6.07, 6.45) is 27.2. The highest BCUT2D eigenvalue weighted by Crippen LogP contribution is 2.22. The van der Waals surface area contributed by atoms with Crippen LogP contribution in [0.25, 0.3) is 0 Å². The molecule has 0 aliphatic rings. The summed E-state index contributed by atoms with van der Waals surface area (Å²) in [6, 6.07) is 0. The zero-order valence-corrected chi connectivity index (χ0v) is 33.7. The number of amides is 1. The lowest BCUT2D eigenvalue weighted by atomic mass is 9.94. The van der Waals surface area contributed by atoms with Gasteiger partial charge in [-0.05, 0) is 32.7 Å². The fourth-order valence-electron chi connectivity index (χ4n) is 6.57. The molecule has 0 aromatic carbocycles. The van der Waals surface area contributed by atoms with Crippen LogP contribution in [-0.4, -0.2) is 85.8 Å². The van der Waals surface area contributed by atoms with Gasteiger partial charge < -0.3 is 24.4 Å². The van der Waals surface area contributed by atoms with E-state index in [1.807, 2.05) is 11.9 Å². The quantitative estimate of drug-likeness (QED) is 0.0507. The molecule has 1 N–H and O–H groups in total. The minimum atomic E-state index is -0.142. The Bertz CT molecular complexity index is 744. The topological polar surface area (TPSA) is 96.4 Å². The Kier molecular flexibility index (Phi) is 34.5. The number of rotatable bonds is 37. The summed E-state index contributed by atoms with van der Waals surface area (Å²) in [6.45, 7) is 10.8. The molecule has 8 heteroatoms. The Morgan fingerprint density at radius 3 is 1.20 bits per heavy atom. The van der Waals surface area contributed by atoms with E-state index in [0.717, 1.165) is 77.0 Å². The number of carbonyl (C=O) groups excluding carboxylic acids is 3. The normalized spacial score (nSPS) is 12.6. The molecule has 8 nitrogen and oxygen atoms in total. The van der Waals surface area contributed by atoms with Gasteiger partial charge in [0.1, 0.15) is 13.2 Å². The maximum Gasteiger partial charge on any atom is 0.308 e. The Balaban J connectivity index is 5.23. The number of likely N-dealkylation sites (N-methyl/N-ethyl adjacent to an activating group) is 1. The minimum absolute atomic E-state index is 0.0387. The second-order valence-electron chi connectivity index (χ2n) is 14.7. The number of ether oxygens (including phenoxy) is 2. The molecule has 0 fully saturated rings. The van der Waals surface area contributed by atoms with Crippen molar-refractivity contribution in [1.82, 2.24) is 9.80 Å². The summed E-state index contributed by atoms with van der Waals surface area (Å²) in [5, 5.41) is 9.27. The molecule has 0 aromatic heterocycles. The molecule has 0 bridgehead atoms. The molecule has 0 aliphatic carbocycles. The van der Waals surface area contributed by atoms with Crippen molar-refractivity contribution >= 4 is 17.8 Å². The molecular weight excluding hydrogens is 628 g/mol. The van der Waals surface area contributed by atoms with Gasteiger partial charge in [-0.3, -0.25) is 14.4 Å². The fraction of sp³-hybridized carbons (Fsp3) is 0.929. The third-order valence-corrected chi connectivity index (χ3v) is 10.0. The lowest BCUT2D eigenvalue weighted by molar-refractivity contribution is -0.152. The molecule has 0 spiro atoms. The van der Waals surface area contributed by atoms with Crippen LogP contribution in [0, 0.1) is 11.8 Å². The average Bonchev–Trinajstić information content (AvgIpc) is 3.11. The van der Waals surface area contributed by atoms with Gasteiger partial charge in [0.2, 0.25) is 5.91 Å². The summed E-state index contributed by atoms with van der Waals surface area (Å²) in [5.74, 6) is -0.519. The summed E-state index contributed by atoms with van der Waals surface area (Å²) < 4.78 is 11.7. The summed E-state index contributed by atoms with van der Waals surface area (Å²) in [5.41, 5.74) is 0. The second kappa shape index (κ2) is 35.7. The highest BCUT2D eigenvalue weighted by atomic mass is 16.5. The van der Waals surface area contributed by atoms with Crippen molar-refractivity contribution in [2.24, 2.45) is 11.8 Å². The van der Waals surface area contributed by atoms with E-state index in [2.05, 4.69) is 27.7 Å². The van der Waals surface area contributed by atoms with Gasteiger partial charge in [0.25, 0.3) is 0 Å². The first-order chi connectivity index (χ1) is 24.3. The Labute approximate surface area is 309 Å². The van der Waals surface area contributed by atoms with Crippen molar-refractivity contribution in [3.8, 4) is 0 Å². The van der Waals surface area contributed by atoms with Gasteiger partial charge in [0.05, 0.1) is 31.5 Å². The molecule has 0 rings (SSSR count). The number of hydrogen-bond donors (Lipinski definition) is 1. The third-order valence-electron chi connectivity index (χ3n) is 10.0. The van der Waals surface area contributed by atoms with Crippen molar-refractivity contribution in [3.63, 3.8) is 0 Å². The number of esters is 2. The third kappa shape index (κ3) is 28.0. The standard InChI is InChI=1S/C42H82N2O6/c1-6-10-14-18-20-24-28-38(26-22-16-12-8-3)41(47)49-36-33-44(40(46)30-31-43(5)32-35-45)34-37-50-42(48)39(27-23-17-13-9-4)29-25-21-19-15-11-7-2/h38-39,45H,6-37H2,1-5H3. The van der Waals surface area contributed by atoms with Gasteiger partial charge in [-0.1, -0.05) is 156 Å². The molecule has 50 heavy (non-hydrogen) atoms. The first-order valence-electron chi connectivity index (χ1n) is 21.2. The van der Waals surface area contributed by atoms with Gasteiger partial charge in [-0.25, -0.2) is 0 Å². The largest absolute Gasteiger partial charge is 0.464 e. The van der Waals surface area contributed by atoms with Crippen LogP contribution < -0.4 is 0 Å². The van der Waals surface area contributed by atoms with Gasteiger partial charge in [0.15, 0.2) is 0 Å². The summed E-state index contributed by atoms with van der Waals surface area (Å²) >= 11 is 0. The highest BCUT2D eigenvalue weighted by Gasteiger charge is 2.23. The van der Waals surface area contributed by atoms with Crippen LogP contribution in [0.4, 0.5) is 0 Å². The van der Waals surface area contributed by atoms with Crippen LogP contribution in [0.5, 0.6) is 0 Å². The Morgan fingerprint density at radius 2 is 0.840 bits per heavy atom. The number of unbranched alkanes of at least 4 members (excludes halogenated alkanes) is 16. The van der Waals surface area contributed by atoms with E-state index >= 15 is 0 Å². The van der Waals surface area contributed by atoms with E-state index in [4.69, 9.17) is 9.47 Å². The molecule has 0 saturated heterocycles. The van der Waals surface area contributed by atoms with Crippen molar-refractivity contribution < 1.29 is 29.0 Å². The zero-order chi connectivity index (χ0) is 37.1. The van der Waals surface area contributed by atoms with Crippen LogP contribution in [0.2, 0.25) is 0 Å². The van der Waals surface area contributed by atoms with E-state index < -0.39 is 0 Å². The lowest BCUT2D eigenvalue weighted by Gasteiger charge is -2.25. The molecule has 2 unspecified atom stereocenters. The van der Waals surface area contributed by atoms with Gasteiger partial charge >= 0.3 is 11.9 Å². The monoisotopic (exact) mass is 711 g/mol. The summed E-state index contributed by atoms with van der Waals surface area (Å²) in [4.78, 5) is 43.4. The molecule has 0 aliphatic heterocycles. The zero-order valence-electron chi connectivity index (χ0n) is 33.7. The molecule has 296 valence electrons. The van der Waals surface area contributed by atoms with Crippen LogP contribution in [0.3, 0.4) is 0 Å². The van der Waals surface area contributed by atoms with Gasteiger partial charge in [0, 0.05) is 19.5 Å². The van der Waals surface area contributed by atoms with Gasteiger partial charge in [-0.2, -0.15) is 0 Å². The molecule has 2 atom stereocenters. The van der Waals surface area contributed by atoms with E-state index in [9.17, 15) is 19.5 Å². The predicted octanol–water partition coefficient (Wildman–Crippen LogP) is 9.89. The van der Waals surface area contributed by atoms with E-state index in [1.165, 1.54) is 77.0 Å². The Hall–Kier alpha value is -1.67. The number of aliphatic hydroxyl groups is 1.